The Morgan fingerprint density at radius 1 is 1.52 bits per heavy atom. The van der Waals surface area contributed by atoms with Crippen LogP contribution in [0.4, 0.5) is 4.79 Å². The second-order valence-electron chi connectivity index (χ2n) is 4.62. The predicted octanol–water partition coefficient (Wildman–Crippen LogP) is 0.821. The summed E-state index contributed by atoms with van der Waals surface area (Å²) in [6.07, 6.45) is 6.36. The third-order valence-electron chi connectivity index (χ3n) is 3.15. The van der Waals surface area contributed by atoms with Crippen molar-refractivity contribution in [1.82, 2.24) is 30.3 Å². The number of urea groups is 1. The van der Waals surface area contributed by atoms with E-state index in [0.29, 0.717) is 37.0 Å². The molecule has 0 bridgehead atoms. The molecule has 108 valence electrons. The second-order valence-corrected chi connectivity index (χ2v) is 4.62. The van der Waals surface area contributed by atoms with Crippen LogP contribution in [-0.2, 0) is 0 Å². The van der Waals surface area contributed by atoms with E-state index in [2.05, 4.69) is 32.0 Å². The molecular formula is C13H14N6O2. The van der Waals surface area contributed by atoms with Gasteiger partial charge in [0.2, 0.25) is 11.7 Å². The smallest absolute Gasteiger partial charge is 0.317 e. The molecule has 1 fully saturated rings. The van der Waals surface area contributed by atoms with Crippen LogP contribution in [-0.4, -0.2) is 50.7 Å². The molecule has 0 radical (unpaired) electrons. The largest absolute Gasteiger partial charge is 0.338 e. The summed E-state index contributed by atoms with van der Waals surface area (Å²) in [6.45, 7) is 5.13. The fraction of sp³-hybridized carbons (Fsp3) is 0.308. The Labute approximate surface area is 120 Å². The molecule has 1 saturated heterocycles. The molecule has 2 aromatic rings. The van der Waals surface area contributed by atoms with E-state index in [-0.39, 0.29) is 11.9 Å². The Kier molecular flexibility index (Phi) is 3.59. The van der Waals surface area contributed by atoms with Crippen molar-refractivity contribution in [2.75, 3.05) is 19.6 Å². The van der Waals surface area contributed by atoms with Gasteiger partial charge in [0.1, 0.15) is 5.69 Å². The summed E-state index contributed by atoms with van der Waals surface area (Å²) in [4.78, 5) is 25.7. The fourth-order valence-corrected chi connectivity index (χ4v) is 1.99. The van der Waals surface area contributed by atoms with Gasteiger partial charge in [0, 0.05) is 32.0 Å². The van der Waals surface area contributed by atoms with Crippen LogP contribution >= 0.6 is 0 Å². The molecule has 21 heavy (non-hydrogen) atoms. The molecule has 1 N–H and O–H groups in total. The molecule has 1 aliphatic heterocycles. The zero-order chi connectivity index (χ0) is 14.7. The van der Waals surface area contributed by atoms with Gasteiger partial charge in [0.15, 0.2) is 0 Å². The van der Waals surface area contributed by atoms with Crippen LogP contribution in [0.3, 0.4) is 0 Å². The van der Waals surface area contributed by atoms with Crippen molar-refractivity contribution in [2.24, 2.45) is 0 Å². The maximum atomic E-state index is 11.7. The number of nitrogens with zero attached hydrogens (tertiary/aromatic N) is 5. The summed E-state index contributed by atoms with van der Waals surface area (Å²) in [5, 5.41) is 6.61. The molecule has 2 aromatic heterocycles. The van der Waals surface area contributed by atoms with Crippen LogP contribution in [0.5, 0.6) is 0 Å². The van der Waals surface area contributed by atoms with Gasteiger partial charge in [-0.1, -0.05) is 11.2 Å². The van der Waals surface area contributed by atoms with Crippen molar-refractivity contribution in [3.05, 3.63) is 37.1 Å². The molecule has 0 saturated carbocycles. The lowest BCUT2D eigenvalue weighted by Gasteiger charge is -2.36. The number of hydrogen-bond acceptors (Lipinski definition) is 6. The highest BCUT2D eigenvalue weighted by atomic mass is 16.5. The van der Waals surface area contributed by atoms with Crippen LogP contribution < -0.4 is 5.32 Å². The fourth-order valence-electron chi connectivity index (χ4n) is 1.99. The van der Waals surface area contributed by atoms with E-state index in [1.54, 1.807) is 29.6 Å². The minimum absolute atomic E-state index is 0.0670. The van der Waals surface area contributed by atoms with Gasteiger partial charge in [0.05, 0.1) is 12.1 Å². The molecule has 3 rings (SSSR count). The average Bonchev–Trinajstić information content (AvgIpc) is 2.94. The van der Waals surface area contributed by atoms with Crippen LogP contribution in [0.1, 0.15) is 11.8 Å². The Morgan fingerprint density at radius 2 is 2.38 bits per heavy atom. The minimum Gasteiger partial charge on any atom is -0.338 e. The number of carbonyl (C=O) groups is 1. The lowest BCUT2D eigenvalue weighted by atomic mass is 10.0. The quantitative estimate of drug-likeness (QED) is 0.836. The number of amides is 2. The topological polar surface area (TPSA) is 97.0 Å². The molecule has 0 atom stereocenters. The van der Waals surface area contributed by atoms with E-state index in [1.165, 1.54) is 0 Å². The third kappa shape index (κ3) is 2.73. The molecule has 8 nitrogen and oxygen atoms in total. The van der Waals surface area contributed by atoms with E-state index in [0.717, 1.165) is 0 Å². The highest BCUT2D eigenvalue weighted by molar-refractivity contribution is 5.75. The summed E-state index contributed by atoms with van der Waals surface area (Å²) < 4.78 is 5.23. The van der Waals surface area contributed by atoms with E-state index < -0.39 is 0 Å². The van der Waals surface area contributed by atoms with Gasteiger partial charge in [-0.3, -0.25) is 4.98 Å². The third-order valence-corrected chi connectivity index (χ3v) is 3.15. The summed E-state index contributed by atoms with van der Waals surface area (Å²) in [5.41, 5.74) is 0.562. The zero-order valence-corrected chi connectivity index (χ0v) is 11.3. The lowest BCUT2D eigenvalue weighted by Crippen LogP contribution is -2.52. The van der Waals surface area contributed by atoms with E-state index in [1.807, 2.05) is 0 Å². The first-order valence-electron chi connectivity index (χ1n) is 6.51. The molecule has 0 spiro atoms. The van der Waals surface area contributed by atoms with Gasteiger partial charge in [0.25, 0.3) is 0 Å². The van der Waals surface area contributed by atoms with E-state index in [4.69, 9.17) is 4.52 Å². The standard InChI is InChI=1S/C13H14N6O2/c1-2-3-16-13(20)19-7-9(8-19)12-17-11(18-21-12)10-6-14-4-5-15-10/h2,4-6,9H,1,3,7-8H2,(H,16,20). The molecule has 0 aromatic carbocycles. The summed E-state index contributed by atoms with van der Waals surface area (Å²) in [7, 11) is 0. The number of hydrogen-bond donors (Lipinski definition) is 1. The first-order valence-corrected chi connectivity index (χ1v) is 6.51. The van der Waals surface area contributed by atoms with Gasteiger partial charge >= 0.3 is 6.03 Å². The number of carbonyl (C=O) groups excluding carboxylic acids is 1. The van der Waals surface area contributed by atoms with Crippen LogP contribution in [0, 0.1) is 0 Å². The zero-order valence-electron chi connectivity index (χ0n) is 11.3. The summed E-state index contributed by atoms with van der Waals surface area (Å²) in [6, 6.07) is -0.111. The first kappa shape index (κ1) is 13.2. The molecule has 2 amide bonds. The van der Waals surface area contributed by atoms with Gasteiger partial charge in [-0.25, -0.2) is 9.78 Å². The maximum Gasteiger partial charge on any atom is 0.317 e. The maximum absolute atomic E-state index is 11.7. The Morgan fingerprint density at radius 3 is 3.10 bits per heavy atom. The number of likely N-dealkylation sites (tertiary alicyclic amines) is 1. The highest BCUT2D eigenvalue weighted by Crippen LogP contribution is 2.26. The Hall–Kier alpha value is -2.77. The number of aromatic nitrogens is 4. The van der Waals surface area contributed by atoms with Crippen molar-refractivity contribution in [1.29, 1.82) is 0 Å². The van der Waals surface area contributed by atoms with E-state index >= 15 is 0 Å². The average molecular weight is 286 g/mol. The van der Waals surface area contributed by atoms with Crippen molar-refractivity contribution in [3.63, 3.8) is 0 Å². The highest BCUT2D eigenvalue weighted by Gasteiger charge is 2.35. The van der Waals surface area contributed by atoms with Crippen LogP contribution in [0.25, 0.3) is 11.5 Å². The van der Waals surface area contributed by atoms with Gasteiger partial charge in [-0.05, 0) is 0 Å². The normalized spacial score (nSPS) is 14.6. The molecule has 1 aliphatic rings. The van der Waals surface area contributed by atoms with Crippen LogP contribution in [0.15, 0.2) is 35.8 Å². The van der Waals surface area contributed by atoms with Crippen molar-refractivity contribution in [3.8, 4) is 11.5 Å². The van der Waals surface area contributed by atoms with Crippen molar-refractivity contribution in [2.45, 2.75) is 5.92 Å². The SMILES string of the molecule is C=CCNC(=O)N1CC(c2nc(-c3cnccn3)no2)C1. The molecular weight excluding hydrogens is 272 g/mol. The summed E-state index contributed by atoms with van der Waals surface area (Å²) >= 11 is 0. The Balaban J connectivity index is 1.59. The monoisotopic (exact) mass is 286 g/mol. The van der Waals surface area contributed by atoms with Gasteiger partial charge < -0.3 is 14.7 Å². The van der Waals surface area contributed by atoms with Gasteiger partial charge in [-0.15, -0.1) is 6.58 Å². The van der Waals surface area contributed by atoms with E-state index in [9.17, 15) is 4.79 Å². The first-order chi connectivity index (χ1) is 10.3. The molecule has 0 aliphatic carbocycles. The molecule has 8 heteroatoms. The molecule has 0 unspecified atom stereocenters. The lowest BCUT2D eigenvalue weighted by molar-refractivity contribution is 0.137. The molecule has 3 heterocycles. The second kappa shape index (κ2) is 5.70. The van der Waals surface area contributed by atoms with Crippen molar-refractivity contribution >= 4 is 6.03 Å². The van der Waals surface area contributed by atoms with Gasteiger partial charge in [-0.2, -0.15) is 4.98 Å². The minimum atomic E-state index is -0.111. The number of rotatable bonds is 4. The summed E-state index contributed by atoms with van der Waals surface area (Å²) in [5.74, 6) is 0.994. The predicted molar refractivity (Wildman–Crippen MR) is 73.2 cm³/mol. The van der Waals surface area contributed by atoms with Crippen molar-refractivity contribution < 1.29 is 9.32 Å². The Bertz CT molecular complexity index is 635. The van der Waals surface area contributed by atoms with Crippen LogP contribution in [0.2, 0.25) is 0 Å². The number of nitrogens with one attached hydrogen (secondary N) is 1.